The lowest BCUT2D eigenvalue weighted by atomic mass is 9.47. The van der Waals surface area contributed by atoms with Gasteiger partial charge in [0, 0.05) is 22.4 Å². The molecule has 0 N–H and O–H groups in total. The molecule has 0 radical (unpaired) electrons. The Kier molecular flexibility index (Phi) is 2.20. The molecule has 4 aliphatic rings. The van der Waals surface area contributed by atoms with E-state index in [1.165, 1.54) is 0 Å². The van der Waals surface area contributed by atoms with Crippen molar-refractivity contribution in [1.29, 1.82) is 0 Å². The quantitative estimate of drug-likeness (QED) is 0.673. The Morgan fingerprint density at radius 3 is 2.67 bits per heavy atom. The lowest BCUT2D eigenvalue weighted by Gasteiger charge is -2.56. The minimum Gasteiger partial charge on any atom is -0.299 e. The zero-order valence-electron chi connectivity index (χ0n) is 15.8. The highest BCUT2D eigenvalue weighted by Crippen LogP contribution is 2.64. The third-order valence-electron chi connectivity index (χ3n) is 7.20. The first-order chi connectivity index (χ1) is 11.2. The van der Waals surface area contributed by atoms with Crippen molar-refractivity contribution in [3.63, 3.8) is 0 Å². The van der Waals surface area contributed by atoms with Gasteiger partial charge in [-0.05, 0) is 67.8 Å². The Labute approximate surface area is 131 Å². The van der Waals surface area contributed by atoms with Crippen LogP contribution in [0.15, 0.2) is 11.6 Å². The van der Waals surface area contributed by atoms with Crippen LogP contribution in [0, 0.1) is 28.6 Å². The summed E-state index contributed by atoms with van der Waals surface area (Å²) in [5, 5.41) is 0. The van der Waals surface area contributed by atoms with Gasteiger partial charge in [-0.3, -0.25) is 9.59 Å². The number of rotatable bonds is 0. The van der Waals surface area contributed by atoms with Gasteiger partial charge in [0.15, 0.2) is 5.78 Å². The lowest BCUT2D eigenvalue weighted by molar-refractivity contribution is -0.132. The molecule has 21 heavy (non-hydrogen) atoms. The molecule has 0 unspecified atom stereocenters. The molecule has 0 bridgehead atoms. The average Bonchev–Trinajstić information content (AvgIpc) is 2.81. The van der Waals surface area contributed by atoms with Crippen molar-refractivity contribution in [3.8, 4) is 0 Å². The summed E-state index contributed by atoms with van der Waals surface area (Å²) in [6, 6.07) is 0. The van der Waals surface area contributed by atoms with Gasteiger partial charge in [0.1, 0.15) is 5.78 Å². The summed E-state index contributed by atoms with van der Waals surface area (Å²) in [4.78, 5) is 24.4. The molecule has 3 fully saturated rings. The zero-order chi connectivity index (χ0) is 17.3. The molecule has 0 aliphatic heterocycles. The van der Waals surface area contributed by atoms with Gasteiger partial charge in [-0.15, -0.1) is 0 Å². The Balaban J connectivity index is 1.79. The maximum Gasteiger partial charge on any atom is 0.155 e. The van der Waals surface area contributed by atoms with E-state index in [4.69, 9.17) is 4.11 Å². The van der Waals surface area contributed by atoms with E-state index in [9.17, 15) is 9.59 Å². The Morgan fingerprint density at radius 1 is 1.05 bits per heavy atom. The third kappa shape index (κ3) is 1.71. The SMILES string of the molecule is [2H]C([2H])([2H])[C@]12CCC(=O)C=C1CC[C@H]1[C@@H]3CCC(=O)[C@@]3(C)CC[C@@H]12. The Bertz CT molecular complexity index is 635. The zero-order valence-corrected chi connectivity index (χ0v) is 12.8. The maximum atomic E-state index is 12.4. The summed E-state index contributed by atoms with van der Waals surface area (Å²) in [6.45, 7) is 0.0419. The summed E-state index contributed by atoms with van der Waals surface area (Å²) in [6.07, 6.45) is 7.33. The molecule has 0 spiro atoms. The average molecular weight is 289 g/mol. The molecular weight excluding hydrogens is 260 g/mol. The van der Waals surface area contributed by atoms with Crippen LogP contribution in [0.5, 0.6) is 0 Å². The maximum absolute atomic E-state index is 12.4. The first-order valence-corrected chi connectivity index (χ1v) is 8.47. The van der Waals surface area contributed by atoms with Crippen molar-refractivity contribution in [2.24, 2.45) is 28.6 Å². The molecule has 0 aromatic carbocycles. The highest BCUT2D eigenvalue weighted by Gasteiger charge is 2.58. The standard InChI is InChI=1S/C19H26O2/c1-18-9-7-13(20)11-12(18)3-4-14-15-5-6-17(21)19(15,2)10-8-16(14)18/h11,14-16H,3-10H2,1-2H3/t14-,15-,16-,18-,19-/m0/s1/i1D3. The van der Waals surface area contributed by atoms with Crippen LogP contribution < -0.4 is 0 Å². The van der Waals surface area contributed by atoms with E-state index in [1.807, 2.05) is 0 Å². The van der Waals surface area contributed by atoms with Crippen LogP contribution in [0.25, 0.3) is 0 Å². The van der Waals surface area contributed by atoms with Crippen LogP contribution in [0.2, 0.25) is 0 Å². The Morgan fingerprint density at radius 2 is 1.86 bits per heavy atom. The molecule has 3 saturated carbocycles. The number of fused-ring (bicyclic) bond motifs is 5. The summed E-state index contributed by atoms with van der Waals surface area (Å²) in [5.41, 5.74) is -0.174. The van der Waals surface area contributed by atoms with Gasteiger partial charge in [0.25, 0.3) is 0 Å². The van der Waals surface area contributed by atoms with Crippen LogP contribution in [0.4, 0.5) is 0 Å². The molecule has 0 amide bonds. The van der Waals surface area contributed by atoms with Gasteiger partial charge in [-0.25, -0.2) is 0 Å². The van der Waals surface area contributed by atoms with E-state index in [2.05, 4.69) is 6.92 Å². The molecule has 4 rings (SSSR count). The monoisotopic (exact) mass is 289 g/mol. The number of allylic oxidation sites excluding steroid dienone is 1. The number of hydrogen-bond donors (Lipinski definition) is 0. The molecule has 5 atom stereocenters. The predicted octanol–water partition coefficient (Wildman–Crippen LogP) is 4.09. The van der Waals surface area contributed by atoms with Crippen molar-refractivity contribution in [2.45, 2.75) is 65.1 Å². The molecule has 114 valence electrons. The highest BCUT2D eigenvalue weighted by atomic mass is 16.1. The number of carbonyl (C=O) groups is 2. The van der Waals surface area contributed by atoms with E-state index >= 15 is 0 Å². The van der Waals surface area contributed by atoms with E-state index in [1.54, 1.807) is 6.08 Å². The summed E-state index contributed by atoms with van der Waals surface area (Å²) in [7, 11) is 0. The van der Waals surface area contributed by atoms with E-state index in [0.29, 0.717) is 43.3 Å². The van der Waals surface area contributed by atoms with Crippen molar-refractivity contribution >= 4 is 11.6 Å². The number of carbonyl (C=O) groups excluding carboxylic acids is 2. The number of Topliss-reactive ketones (excluding diaryl/α,β-unsaturated/α-hetero) is 1. The van der Waals surface area contributed by atoms with Crippen LogP contribution in [-0.2, 0) is 9.59 Å². The lowest BCUT2D eigenvalue weighted by Crippen LogP contribution is -2.50. The fourth-order valence-corrected chi connectivity index (χ4v) is 5.99. The predicted molar refractivity (Wildman–Crippen MR) is 81.7 cm³/mol. The van der Waals surface area contributed by atoms with Crippen molar-refractivity contribution in [1.82, 2.24) is 0 Å². The molecule has 0 heterocycles. The third-order valence-corrected chi connectivity index (χ3v) is 7.20. The van der Waals surface area contributed by atoms with Crippen molar-refractivity contribution < 1.29 is 13.7 Å². The minimum absolute atomic E-state index is 0.0833. The second-order valence-electron chi connectivity index (χ2n) is 7.94. The minimum atomic E-state index is -2.07. The van der Waals surface area contributed by atoms with E-state index < -0.39 is 12.3 Å². The molecule has 4 aliphatic carbocycles. The molecule has 2 nitrogen and oxygen atoms in total. The van der Waals surface area contributed by atoms with Crippen molar-refractivity contribution in [3.05, 3.63) is 11.6 Å². The second kappa shape index (κ2) is 4.30. The molecule has 0 aromatic heterocycles. The van der Waals surface area contributed by atoms with Gasteiger partial charge >= 0.3 is 0 Å². The Hall–Kier alpha value is -0.920. The van der Waals surface area contributed by atoms with Crippen LogP contribution >= 0.6 is 0 Å². The molecule has 2 heteroatoms. The highest BCUT2D eigenvalue weighted by molar-refractivity contribution is 5.91. The van der Waals surface area contributed by atoms with Crippen LogP contribution in [0.1, 0.15) is 69.3 Å². The molecular formula is C19H26O2. The van der Waals surface area contributed by atoms with Gasteiger partial charge in [0.2, 0.25) is 0 Å². The molecule has 0 saturated heterocycles. The number of ketones is 2. The van der Waals surface area contributed by atoms with Crippen molar-refractivity contribution in [2.75, 3.05) is 0 Å². The first-order valence-electron chi connectivity index (χ1n) is 9.97. The normalized spacial score (nSPS) is 52.0. The fourth-order valence-electron chi connectivity index (χ4n) is 5.99. The van der Waals surface area contributed by atoms with E-state index in [0.717, 1.165) is 31.3 Å². The van der Waals surface area contributed by atoms with Crippen LogP contribution in [0.3, 0.4) is 0 Å². The largest absolute Gasteiger partial charge is 0.299 e. The number of hydrogen-bond acceptors (Lipinski definition) is 2. The molecule has 0 aromatic rings. The van der Waals surface area contributed by atoms with Crippen LogP contribution in [-0.4, -0.2) is 11.6 Å². The first kappa shape index (κ1) is 10.7. The summed E-state index contributed by atoms with van der Waals surface area (Å²) >= 11 is 0. The topological polar surface area (TPSA) is 34.1 Å². The smallest absolute Gasteiger partial charge is 0.155 e. The van der Waals surface area contributed by atoms with Gasteiger partial charge in [-0.2, -0.15) is 0 Å². The van der Waals surface area contributed by atoms with Gasteiger partial charge in [0.05, 0.1) is 0 Å². The van der Waals surface area contributed by atoms with Gasteiger partial charge in [-0.1, -0.05) is 19.3 Å². The van der Waals surface area contributed by atoms with Gasteiger partial charge < -0.3 is 0 Å². The summed E-state index contributed by atoms with van der Waals surface area (Å²) < 4.78 is 25.0. The second-order valence-corrected chi connectivity index (χ2v) is 7.94. The van der Waals surface area contributed by atoms with E-state index in [-0.39, 0.29) is 17.1 Å². The summed E-state index contributed by atoms with van der Waals surface area (Å²) in [5.74, 6) is 1.22. The fraction of sp³-hybridized carbons (Fsp3) is 0.789.